The molecule has 0 unspecified atom stereocenters. The Morgan fingerprint density at radius 2 is 2.07 bits per heavy atom. The first-order chi connectivity index (χ1) is 13.8. The van der Waals surface area contributed by atoms with E-state index in [4.69, 9.17) is 23.2 Å². The molecule has 1 heterocycles. The molecule has 0 saturated carbocycles. The van der Waals surface area contributed by atoms with Crippen molar-refractivity contribution in [3.63, 3.8) is 0 Å². The van der Waals surface area contributed by atoms with Gasteiger partial charge in [-0.1, -0.05) is 48.0 Å². The molecule has 4 N–H and O–H groups in total. The van der Waals surface area contributed by atoms with Crippen molar-refractivity contribution < 1.29 is 9.90 Å². The van der Waals surface area contributed by atoms with Crippen LogP contribution in [0, 0.1) is 0 Å². The van der Waals surface area contributed by atoms with E-state index in [1.54, 1.807) is 42.6 Å². The number of rotatable bonds is 8. The second-order valence-electron chi connectivity index (χ2n) is 6.56. The van der Waals surface area contributed by atoms with E-state index in [0.29, 0.717) is 32.6 Å². The average Bonchev–Trinajstić information content (AvgIpc) is 2.68. The Bertz CT molecular complexity index is 900. The molecule has 0 aliphatic rings. The predicted molar refractivity (Wildman–Crippen MR) is 119 cm³/mol. The van der Waals surface area contributed by atoms with Crippen molar-refractivity contribution in [2.24, 2.45) is 0 Å². The zero-order valence-electron chi connectivity index (χ0n) is 16.2. The molecule has 0 bridgehead atoms. The summed E-state index contributed by atoms with van der Waals surface area (Å²) in [6.45, 7) is 7.52. The number of amides is 2. The zero-order valence-corrected chi connectivity index (χ0v) is 17.8. The largest absolute Gasteiger partial charge is 0.394 e. The Hall–Kier alpha value is -2.54. The van der Waals surface area contributed by atoms with Gasteiger partial charge in [0.1, 0.15) is 5.82 Å². The minimum Gasteiger partial charge on any atom is -0.394 e. The lowest BCUT2D eigenvalue weighted by Crippen LogP contribution is -2.37. The van der Waals surface area contributed by atoms with Gasteiger partial charge < -0.3 is 21.1 Å². The monoisotopic (exact) mass is 434 g/mol. The third-order valence-electron chi connectivity index (χ3n) is 3.92. The van der Waals surface area contributed by atoms with Crippen molar-refractivity contribution >= 4 is 40.6 Å². The standard InChI is InChI=1S/C21H24Cl2N4O2/c1-4-14(17-9-20(26-13(2)3)24-11-18(17)23)10-25-21(29)27-19(12-28)15-6-5-7-16(22)8-15/h4-11,13,19,28H,1,12H2,2-3H3,(H,24,26)(H2,25,27,29)/b14-10+/t19-/m1/s1. The van der Waals surface area contributed by atoms with Crippen molar-refractivity contribution in [2.45, 2.75) is 25.9 Å². The van der Waals surface area contributed by atoms with Crippen molar-refractivity contribution in [1.82, 2.24) is 15.6 Å². The zero-order chi connectivity index (χ0) is 21.4. The van der Waals surface area contributed by atoms with Crippen molar-refractivity contribution in [1.29, 1.82) is 0 Å². The molecule has 154 valence electrons. The number of hydrogen-bond acceptors (Lipinski definition) is 4. The summed E-state index contributed by atoms with van der Waals surface area (Å²) in [6.07, 6.45) is 4.62. The number of pyridine rings is 1. The highest BCUT2D eigenvalue weighted by atomic mass is 35.5. The average molecular weight is 435 g/mol. The number of allylic oxidation sites excluding steroid dienone is 2. The smallest absolute Gasteiger partial charge is 0.319 e. The highest BCUT2D eigenvalue weighted by molar-refractivity contribution is 6.32. The van der Waals surface area contributed by atoms with E-state index in [-0.39, 0.29) is 12.6 Å². The summed E-state index contributed by atoms with van der Waals surface area (Å²) in [5.41, 5.74) is 1.99. The number of urea groups is 1. The van der Waals surface area contributed by atoms with Crippen molar-refractivity contribution in [3.05, 3.63) is 76.6 Å². The molecular formula is C21H24Cl2N4O2. The van der Waals surface area contributed by atoms with Gasteiger partial charge in [-0.15, -0.1) is 0 Å². The van der Waals surface area contributed by atoms with Gasteiger partial charge in [-0.2, -0.15) is 0 Å². The minimum absolute atomic E-state index is 0.207. The van der Waals surface area contributed by atoms with Gasteiger partial charge in [0, 0.05) is 29.0 Å². The molecule has 0 spiro atoms. The number of nitrogens with one attached hydrogen (secondary N) is 3. The number of aliphatic hydroxyl groups is 1. The first-order valence-electron chi connectivity index (χ1n) is 9.02. The maximum absolute atomic E-state index is 12.3. The van der Waals surface area contributed by atoms with E-state index in [9.17, 15) is 9.90 Å². The fourth-order valence-electron chi connectivity index (χ4n) is 2.58. The number of aromatic nitrogens is 1. The van der Waals surface area contributed by atoms with E-state index in [2.05, 4.69) is 27.5 Å². The molecule has 2 rings (SSSR count). The molecule has 29 heavy (non-hydrogen) atoms. The second-order valence-corrected chi connectivity index (χ2v) is 7.40. The molecule has 0 radical (unpaired) electrons. The van der Waals surface area contributed by atoms with Crippen LogP contribution in [0.4, 0.5) is 10.6 Å². The lowest BCUT2D eigenvalue weighted by molar-refractivity contribution is 0.219. The Labute approximate surface area is 180 Å². The number of hydrogen-bond donors (Lipinski definition) is 4. The van der Waals surface area contributed by atoms with Gasteiger partial charge in [0.15, 0.2) is 0 Å². The maximum atomic E-state index is 12.3. The first-order valence-corrected chi connectivity index (χ1v) is 9.78. The summed E-state index contributed by atoms with van der Waals surface area (Å²) in [5.74, 6) is 0.665. The Morgan fingerprint density at radius 3 is 2.69 bits per heavy atom. The van der Waals surface area contributed by atoms with Crippen LogP contribution >= 0.6 is 23.2 Å². The fraction of sp³-hybridized carbons (Fsp3) is 0.238. The molecule has 8 heteroatoms. The molecule has 2 amide bonds. The van der Waals surface area contributed by atoms with Crippen LogP contribution in [0.3, 0.4) is 0 Å². The number of benzene rings is 1. The highest BCUT2D eigenvalue weighted by Gasteiger charge is 2.14. The number of carbonyl (C=O) groups excluding carboxylic acids is 1. The predicted octanol–water partition coefficient (Wildman–Crippen LogP) is 4.77. The Balaban J connectivity index is 2.13. The van der Waals surface area contributed by atoms with Crippen LogP contribution in [-0.4, -0.2) is 28.8 Å². The summed E-state index contributed by atoms with van der Waals surface area (Å²) in [6, 6.07) is 7.85. The first kappa shape index (κ1) is 22.7. The number of halogens is 2. The van der Waals surface area contributed by atoms with Gasteiger partial charge in [0.2, 0.25) is 0 Å². The summed E-state index contributed by atoms with van der Waals surface area (Å²) < 4.78 is 0. The number of nitrogens with zero attached hydrogens (tertiary/aromatic N) is 1. The van der Waals surface area contributed by atoms with E-state index in [0.717, 1.165) is 0 Å². The van der Waals surface area contributed by atoms with Crippen LogP contribution in [0.1, 0.15) is 31.0 Å². The highest BCUT2D eigenvalue weighted by Crippen LogP contribution is 2.26. The van der Waals surface area contributed by atoms with E-state index in [1.807, 2.05) is 13.8 Å². The lowest BCUT2D eigenvalue weighted by atomic mass is 10.1. The summed E-state index contributed by atoms with van der Waals surface area (Å²) in [5, 5.41) is 19.1. The molecule has 2 aromatic rings. The molecule has 6 nitrogen and oxygen atoms in total. The summed E-state index contributed by atoms with van der Waals surface area (Å²) in [7, 11) is 0. The summed E-state index contributed by atoms with van der Waals surface area (Å²) in [4.78, 5) is 16.6. The normalized spacial score (nSPS) is 12.4. The van der Waals surface area contributed by atoms with Crippen LogP contribution in [0.15, 0.2) is 55.4 Å². The summed E-state index contributed by atoms with van der Waals surface area (Å²) >= 11 is 12.2. The number of anilines is 1. The minimum atomic E-state index is -0.597. The van der Waals surface area contributed by atoms with Gasteiger partial charge in [0.25, 0.3) is 0 Å². The van der Waals surface area contributed by atoms with E-state index < -0.39 is 12.1 Å². The topological polar surface area (TPSA) is 86.3 Å². The molecular weight excluding hydrogens is 411 g/mol. The fourth-order valence-corrected chi connectivity index (χ4v) is 2.99. The van der Waals surface area contributed by atoms with E-state index in [1.165, 1.54) is 6.20 Å². The van der Waals surface area contributed by atoms with Crippen LogP contribution in [0.25, 0.3) is 5.57 Å². The number of aliphatic hydroxyl groups excluding tert-OH is 1. The van der Waals surface area contributed by atoms with Gasteiger partial charge in [-0.3, -0.25) is 0 Å². The number of carbonyl (C=O) groups is 1. The molecule has 0 fully saturated rings. The molecule has 1 atom stereocenters. The third-order valence-corrected chi connectivity index (χ3v) is 4.46. The van der Waals surface area contributed by atoms with Gasteiger partial charge >= 0.3 is 6.03 Å². The van der Waals surface area contributed by atoms with Gasteiger partial charge in [-0.05, 0) is 43.2 Å². The maximum Gasteiger partial charge on any atom is 0.319 e. The third kappa shape index (κ3) is 6.78. The van der Waals surface area contributed by atoms with Crippen molar-refractivity contribution in [2.75, 3.05) is 11.9 Å². The molecule has 0 saturated heterocycles. The van der Waals surface area contributed by atoms with Crippen LogP contribution < -0.4 is 16.0 Å². The molecule has 1 aromatic carbocycles. The van der Waals surface area contributed by atoms with Crippen LogP contribution in [-0.2, 0) is 0 Å². The molecule has 1 aromatic heterocycles. The van der Waals surface area contributed by atoms with Gasteiger partial charge in [0.05, 0.1) is 17.7 Å². The Kier molecular flexibility index (Phi) is 8.51. The molecule has 0 aliphatic carbocycles. The van der Waals surface area contributed by atoms with E-state index >= 15 is 0 Å². The quantitative estimate of drug-likeness (QED) is 0.450. The van der Waals surface area contributed by atoms with Crippen LogP contribution in [0.5, 0.6) is 0 Å². The van der Waals surface area contributed by atoms with Crippen LogP contribution in [0.2, 0.25) is 10.0 Å². The second kappa shape index (κ2) is 10.9. The SMILES string of the molecule is C=C/C(=C\NC(=O)N[C@H](CO)c1cccc(Cl)c1)c1cc(NC(C)C)ncc1Cl. The molecule has 0 aliphatic heterocycles. The lowest BCUT2D eigenvalue weighted by Gasteiger charge is -2.17. The Morgan fingerprint density at radius 1 is 1.31 bits per heavy atom. The van der Waals surface area contributed by atoms with Gasteiger partial charge in [-0.25, -0.2) is 9.78 Å². The van der Waals surface area contributed by atoms with Crippen molar-refractivity contribution in [3.8, 4) is 0 Å².